The molecule has 1 aliphatic carbocycles. The van der Waals surface area contributed by atoms with Crippen molar-refractivity contribution >= 4 is 33.2 Å². The number of anilines is 1. The summed E-state index contributed by atoms with van der Waals surface area (Å²) in [5, 5.41) is 0.601. The number of rotatable bonds is 3. The Morgan fingerprint density at radius 2 is 2.10 bits per heavy atom. The van der Waals surface area contributed by atoms with Gasteiger partial charge in [0.05, 0.1) is 21.9 Å². The summed E-state index contributed by atoms with van der Waals surface area (Å²) >= 11 is 9.38. The van der Waals surface area contributed by atoms with Crippen molar-refractivity contribution < 1.29 is 9.47 Å². The zero-order chi connectivity index (χ0) is 14.2. The van der Waals surface area contributed by atoms with Gasteiger partial charge in [0.25, 0.3) is 0 Å². The molecule has 0 bridgehead atoms. The van der Waals surface area contributed by atoms with E-state index in [1.54, 1.807) is 12.1 Å². The number of nitrogens with two attached hydrogens (primary N) is 1. The van der Waals surface area contributed by atoms with Crippen molar-refractivity contribution in [1.82, 2.24) is 0 Å². The summed E-state index contributed by atoms with van der Waals surface area (Å²) < 4.78 is 12.9. The van der Waals surface area contributed by atoms with E-state index in [-0.39, 0.29) is 11.7 Å². The van der Waals surface area contributed by atoms with Crippen molar-refractivity contribution in [3.63, 3.8) is 0 Å². The van der Waals surface area contributed by atoms with Crippen molar-refractivity contribution in [1.29, 1.82) is 0 Å². The fourth-order valence-electron chi connectivity index (χ4n) is 3.31. The molecule has 20 heavy (non-hydrogen) atoms. The summed E-state index contributed by atoms with van der Waals surface area (Å²) in [5.74, 6) is 0.658. The summed E-state index contributed by atoms with van der Waals surface area (Å²) in [6.45, 7) is 0.548. The van der Waals surface area contributed by atoms with Crippen LogP contribution in [0.1, 0.15) is 38.5 Å². The van der Waals surface area contributed by atoms with Gasteiger partial charge in [-0.25, -0.2) is 0 Å². The van der Waals surface area contributed by atoms with Gasteiger partial charge in [0, 0.05) is 5.02 Å². The minimum absolute atomic E-state index is 0.150. The average molecular weight is 361 g/mol. The smallest absolute Gasteiger partial charge is 0.156 e. The largest absolute Gasteiger partial charge is 0.488 e. The number of nitrogen functional groups attached to an aromatic ring is 1. The molecule has 3 nitrogen and oxygen atoms in total. The molecule has 1 spiro atoms. The van der Waals surface area contributed by atoms with E-state index in [2.05, 4.69) is 15.9 Å². The molecule has 2 aliphatic rings. The Balaban J connectivity index is 1.61. The van der Waals surface area contributed by atoms with Crippen molar-refractivity contribution in [2.24, 2.45) is 0 Å². The monoisotopic (exact) mass is 359 g/mol. The topological polar surface area (TPSA) is 44.5 Å². The Kier molecular flexibility index (Phi) is 4.16. The first kappa shape index (κ1) is 14.5. The number of hydrogen-bond acceptors (Lipinski definition) is 3. The lowest BCUT2D eigenvalue weighted by Gasteiger charge is -2.24. The summed E-state index contributed by atoms with van der Waals surface area (Å²) in [5.41, 5.74) is 6.65. The highest BCUT2D eigenvalue weighted by molar-refractivity contribution is 9.10. The second-order valence-corrected chi connectivity index (χ2v) is 7.08. The average Bonchev–Trinajstić information content (AvgIpc) is 2.99. The van der Waals surface area contributed by atoms with Gasteiger partial charge in [-0.15, -0.1) is 0 Å². The van der Waals surface area contributed by atoms with Gasteiger partial charge in [-0.1, -0.05) is 24.4 Å². The normalized spacial score (nSPS) is 24.4. The molecular formula is C15H19BrClNO2. The molecule has 1 aromatic carbocycles. The minimum Gasteiger partial charge on any atom is -0.488 e. The van der Waals surface area contributed by atoms with Crippen LogP contribution in [0.15, 0.2) is 16.6 Å². The molecule has 5 heteroatoms. The summed E-state index contributed by atoms with van der Waals surface area (Å²) in [4.78, 5) is 0. The highest BCUT2D eigenvalue weighted by Crippen LogP contribution is 2.43. The van der Waals surface area contributed by atoms with Gasteiger partial charge in [0.15, 0.2) is 5.75 Å². The SMILES string of the molecule is Nc1cc(Cl)cc(Br)c1OCC1CCC2(CCCC2)O1. The van der Waals surface area contributed by atoms with Crippen LogP contribution in [0.3, 0.4) is 0 Å². The minimum atomic E-state index is 0.150. The fraction of sp³-hybridized carbons (Fsp3) is 0.600. The molecule has 0 amide bonds. The molecule has 1 atom stereocenters. The molecule has 2 fully saturated rings. The fourth-order valence-corrected chi connectivity index (χ4v) is 4.26. The Morgan fingerprint density at radius 1 is 1.35 bits per heavy atom. The molecule has 1 saturated carbocycles. The van der Waals surface area contributed by atoms with E-state index in [1.165, 1.54) is 25.7 Å². The van der Waals surface area contributed by atoms with Crippen LogP contribution in [0.4, 0.5) is 5.69 Å². The van der Waals surface area contributed by atoms with E-state index in [9.17, 15) is 0 Å². The Morgan fingerprint density at radius 3 is 2.80 bits per heavy atom. The van der Waals surface area contributed by atoms with E-state index in [1.807, 2.05) is 0 Å². The first-order valence-electron chi connectivity index (χ1n) is 7.13. The molecule has 110 valence electrons. The molecule has 3 rings (SSSR count). The Labute approximate surface area is 132 Å². The van der Waals surface area contributed by atoms with Crippen LogP contribution in [0.5, 0.6) is 5.75 Å². The third kappa shape index (κ3) is 2.92. The number of ether oxygens (including phenoxy) is 2. The first-order chi connectivity index (χ1) is 9.58. The predicted molar refractivity (Wildman–Crippen MR) is 84.4 cm³/mol. The lowest BCUT2D eigenvalue weighted by molar-refractivity contribution is -0.0508. The maximum atomic E-state index is 6.23. The predicted octanol–water partition coefficient (Wildman–Crippen LogP) is 4.56. The lowest BCUT2D eigenvalue weighted by atomic mass is 9.98. The van der Waals surface area contributed by atoms with Gasteiger partial charge >= 0.3 is 0 Å². The van der Waals surface area contributed by atoms with Crippen molar-refractivity contribution in [2.45, 2.75) is 50.2 Å². The van der Waals surface area contributed by atoms with Crippen LogP contribution in [0.25, 0.3) is 0 Å². The lowest BCUT2D eigenvalue weighted by Crippen LogP contribution is -2.27. The summed E-state index contributed by atoms with van der Waals surface area (Å²) in [6, 6.07) is 3.50. The standard InChI is InChI=1S/C15H19BrClNO2/c16-12-7-10(17)8-13(18)14(12)19-9-11-3-6-15(20-11)4-1-2-5-15/h7-8,11H,1-6,9,18H2. The van der Waals surface area contributed by atoms with Gasteiger partial charge in [0.1, 0.15) is 6.61 Å². The summed E-state index contributed by atoms with van der Waals surface area (Å²) in [6.07, 6.45) is 7.41. The highest BCUT2D eigenvalue weighted by Gasteiger charge is 2.42. The summed E-state index contributed by atoms with van der Waals surface area (Å²) in [7, 11) is 0. The van der Waals surface area contributed by atoms with Crippen LogP contribution >= 0.6 is 27.5 Å². The maximum absolute atomic E-state index is 6.23. The second kappa shape index (κ2) is 5.74. The van der Waals surface area contributed by atoms with Crippen LogP contribution in [-0.4, -0.2) is 18.3 Å². The maximum Gasteiger partial charge on any atom is 0.156 e. The van der Waals surface area contributed by atoms with Crippen LogP contribution in [0.2, 0.25) is 5.02 Å². The van der Waals surface area contributed by atoms with Gasteiger partial charge in [-0.05, 0) is 53.7 Å². The number of hydrogen-bond donors (Lipinski definition) is 1. The molecule has 2 N–H and O–H groups in total. The molecule has 1 aromatic rings. The quantitative estimate of drug-likeness (QED) is 0.804. The van der Waals surface area contributed by atoms with Crippen LogP contribution in [0, 0.1) is 0 Å². The molecule has 0 aromatic heterocycles. The molecule has 1 aliphatic heterocycles. The Bertz CT molecular complexity index is 480. The number of halogens is 2. The number of benzene rings is 1. The second-order valence-electron chi connectivity index (χ2n) is 5.79. The van der Waals surface area contributed by atoms with Crippen LogP contribution < -0.4 is 10.5 Å². The van der Waals surface area contributed by atoms with Crippen molar-refractivity contribution in [3.05, 3.63) is 21.6 Å². The van der Waals surface area contributed by atoms with E-state index in [0.717, 1.165) is 17.3 Å². The Hall–Kier alpha value is -0.450. The molecule has 0 radical (unpaired) electrons. The van der Waals surface area contributed by atoms with Crippen molar-refractivity contribution in [2.75, 3.05) is 12.3 Å². The van der Waals surface area contributed by atoms with E-state index in [0.29, 0.717) is 23.1 Å². The highest BCUT2D eigenvalue weighted by atomic mass is 79.9. The third-order valence-corrected chi connectivity index (χ3v) is 5.11. The molecule has 1 unspecified atom stereocenters. The zero-order valence-electron chi connectivity index (χ0n) is 11.3. The van der Waals surface area contributed by atoms with Crippen LogP contribution in [-0.2, 0) is 4.74 Å². The molecule has 1 saturated heterocycles. The zero-order valence-corrected chi connectivity index (χ0v) is 13.7. The van der Waals surface area contributed by atoms with E-state index < -0.39 is 0 Å². The van der Waals surface area contributed by atoms with Gasteiger partial charge in [0.2, 0.25) is 0 Å². The van der Waals surface area contributed by atoms with Gasteiger partial charge in [-0.2, -0.15) is 0 Å². The third-order valence-electron chi connectivity index (χ3n) is 4.30. The first-order valence-corrected chi connectivity index (χ1v) is 8.30. The van der Waals surface area contributed by atoms with E-state index >= 15 is 0 Å². The van der Waals surface area contributed by atoms with E-state index in [4.69, 9.17) is 26.8 Å². The molecule has 1 heterocycles. The van der Waals surface area contributed by atoms with Gasteiger partial charge in [-0.3, -0.25) is 0 Å². The van der Waals surface area contributed by atoms with Gasteiger partial charge < -0.3 is 15.2 Å². The molecular weight excluding hydrogens is 342 g/mol. The van der Waals surface area contributed by atoms with Crippen molar-refractivity contribution in [3.8, 4) is 5.75 Å².